The first kappa shape index (κ1) is 21.5. The van der Waals surface area contributed by atoms with E-state index in [-0.39, 0.29) is 17.8 Å². The number of carbonyl (C=O) groups is 1. The van der Waals surface area contributed by atoms with Crippen molar-refractivity contribution in [2.24, 2.45) is 17.3 Å². The van der Waals surface area contributed by atoms with Crippen molar-refractivity contribution >= 4 is 5.78 Å². The number of aliphatic hydroxyl groups is 1. The fraction of sp³-hybridized carbons (Fsp3) is 0.536. The first-order valence-electron chi connectivity index (χ1n) is 11.8. The van der Waals surface area contributed by atoms with E-state index in [4.69, 9.17) is 9.47 Å². The monoisotopic (exact) mass is 432 g/mol. The minimum Gasteiger partial charge on any atom is -0.497 e. The Labute approximate surface area is 190 Å². The number of hydrogen-bond acceptors (Lipinski definition) is 4. The zero-order valence-electron chi connectivity index (χ0n) is 19.2. The maximum atomic E-state index is 13.6. The van der Waals surface area contributed by atoms with Crippen molar-refractivity contribution in [1.82, 2.24) is 0 Å². The maximum absolute atomic E-state index is 13.6. The molecule has 4 aliphatic rings. The third kappa shape index (κ3) is 3.26. The molecule has 0 spiro atoms. The Balaban J connectivity index is 1.57. The number of ketones is 1. The molecule has 0 radical (unpaired) electrons. The fourth-order valence-electron chi connectivity index (χ4n) is 6.56. The minimum atomic E-state index is -1.27. The van der Waals surface area contributed by atoms with Crippen molar-refractivity contribution in [3.8, 4) is 17.6 Å². The molecule has 0 amide bonds. The van der Waals surface area contributed by atoms with Gasteiger partial charge in [-0.1, -0.05) is 31.1 Å². The summed E-state index contributed by atoms with van der Waals surface area (Å²) in [5, 5.41) is 11.9. The highest BCUT2D eigenvalue weighted by atomic mass is 16.5. The van der Waals surface area contributed by atoms with Gasteiger partial charge in [0.15, 0.2) is 5.78 Å². The summed E-state index contributed by atoms with van der Waals surface area (Å²) in [6.07, 6.45) is 6.94. The van der Waals surface area contributed by atoms with E-state index in [1.54, 1.807) is 14.0 Å². The fourth-order valence-corrected chi connectivity index (χ4v) is 6.56. The molecule has 0 bridgehead atoms. The van der Waals surface area contributed by atoms with Crippen LogP contribution >= 0.6 is 0 Å². The molecule has 5 rings (SSSR count). The second kappa shape index (κ2) is 7.90. The highest BCUT2D eigenvalue weighted by Gasteiger charge is 2.56. The number of Topliss-reactive ketones (excluding diaryl/α,β-unsaturated/α-hetero) is 1. The second-order valence-corrected chi connectivity index (χ2v) is 10.0. The van der Waals surface area contributed by atoms with Crippen molar-refractivity contribution in [1.29, 1.82) is 0 Å². The van der Waals surface area contributed by atoms with E-state index in [0.717, 1.165) is 53.7 Å². The van der Waals surface area contributed by atoms with Crippen LogP contribution < -0.4 is 4.74 Å². The van der Waals surface area contributed by atoms with E-state index in [0.29, 0.717) is 25.4 Å². The van der Waals surface area contributed by atoms with E-state index in [2.05, 4.69) is 24.8 Å². The van der Waals surface area contributed by atoms with Gasteiger partial charge in [-0.2, -0.15) is 0 Å². The average Bonchev–Trinajstić information content (AvgIpc) is 3.21. The highest BCUT2D eigenvalue weighted by Crippen LogP contribution is 2.58. The smallest absolute Gasteiger partial charge is 0.163 e. The summed E-state index contributed by atoms with van der Waals surface area (Å²) < 4.78 is 11.7. The molecule has 1 fully saturated rings. The molecule has 32 heavy (non-hydrogen) atoms. The Morgan fingerprint density at radius 1 is 1.22 bits per heavy atom. The van der Waals surface area contributed by atoms with Crippen LogP contribution in [0.25, 0.3) is 0 Å². The second-order valence-electron chi connectivity index (χ2n) is 10.0. The molecule has 1 N–H and O–H groups in total. The number of hydrogen-bond donors (Lipinski definition) is 1. The average molecular weight is 433 g/mol. The van der Waals surface area contributed by atoms with Gasteiger partial charge in [0.05, 0.1) is 19.8 Å². The minimum absolute atomic E-state index is 0.0662. The summed E-state index contributed by atoms with van der Waals surface area (Å²) in [6, 6.07) is 7.99. The Bertz CT molecular complexity index is 1050. The summed E-state index contributed by atoms with van der Waals surface area (Å²) in [5.74, 6) is 7.54. The Kier molecular flexibility index (Phi) is 5.31. The zero-order chi connectivity index (χ0) is 22.5. The van der Waals surface area contributed by atoms with Gasteiger partial charge < -0.3 is 14.6 Å². The Morgan fingerprint density at radius 3 is 2.72 bits per heavy atom. The van der Waals surface area contributed by atoms with Crippen LogP contribution in [0, 0.1) is 29.1 Å². The summed E-state index contributed by atoms with van der Waals surface area (Å²) in [4.78, 5) is 13.6. The van der Waals surface area contributed by atoms with E-state index in [1.807, 2.05) is 24.3 Å². The van der Waals surface area contributed by atoms with Crippen LogP contribution in [-0.4, -0.2) is 30.2 Å². The van der Waals surface area contributed by atoms with Gasteiger partial charge in [0.2, 0.25) is 0 Å². The molecule has 4 heteroatoms. The summed E-state index contributed by atoms with van der Waals surface area (Å²) in [7, 11) is 1.66. The number of allylic oxidation sites excluding steroid dienone is 3. The van der Waals surface area contributed by atoms with Crippen molar-refractivity contribution < 1.29 is 19.4 Å². The molecule has 0 aromatic heterocycles. The molecule has 3 aliphatic carbocycles. The Hall–Kier alpha value is -2.35. The lowest BCUT2D eigenvalue weighted by Crippen LogP contribution is -2.51. The largest absolute Gasteiger partial charge is 0.497 e. The number of ether oxygens (including phenoxy) is 2. The molecule has 1 aliphatic heterocycles. The quantitative estimate of drug-likeness (QED) is 0.673. The van der Waals surface area contributed by atoms with Crippen LogP contribution in [0.1, 0.15) is 64.0 Å². The van der Waals surface area contributed by atoms with Gasteiger partial charge in [-0.3, -0.25) is 4.79 Å². The molecule has 1 heterocycles. The van der Waals surface area contributed by atoms with Crippen molar-refractivity contribution in [3.63, 3.8) is 0 Å². The summed E-state index contributed by atoms with van der Waals surface area (Å²) in [5.41, 5.74) is 2.20. The van der Waals surface area contributed by atoms with Crippen LogP contribution in [-0.2, 0) is 9.53 Å². The molecular weight excluding hydrogens is 400 g/mol. The number of rotatable bonds is 2. The van der Waals surface area contributed by atoms with Gasteiger partial charge >= 0.3 is 0 Å². The predicted molar refractivity (Wildman–Crippen MR) is 123 cm³/mol. The van der Waals surface area contributed by atoms with Crippen molar-refractivity contribution in [2.45, 2.75) is 64.1 Å². The predicted octanol–water partition coefficient (Wildman–Crippen LogP) is 4.93. The van der Waals surface area contributed by atoms with Gasteiger partial charge in [-0.05, 0) is 79.7 Å². The summed E-state index contributed by atoms with van der Waals surface area (Å²) in [6.45, 7) is 4.43. The van der Waals surface area contributed by atoms with E-state index < -0.39 is 11.0 Å². The number of carbonyl (C=O) groups excluding carboxylic acids is 1. The lowest BCUT2D eigenvalue weighted by molar-refractivity contribution is -0.128. The molecule has 0 saturated carbocycles. The maximum Gasteiger partial charge on any atom is 0.163 e. The number of fused-ring (bicyclic) bond motifs is 4. The van der Waals surface area contributed by atoms with E-state index >= 15 is 0 Å². The van der Waals surface area contributed by atoms with Gasteiger partial charge in [0, 0.05) is 17.4 Å². The highest BCUT2D eigenvalue weighted by molar-refractivity contribution is 6.02. The van der Waals surface area contributed by atoms with Crippen molar-refractivity contribution in [3.05, 3.63) is 52.6 Å². The van der Waals surface area contributed by atoms with E-state index in [1.165, 1.54) is 0 Å². The van der Waals surface area contributed by atoms with Gasteiger partial charge in [-0.25, -0.2) is 0 Å². The van der Waals surface area contributed by atoms with Crippen LogP contribution in [0.3, 0.4) is 0 Å². The van der Waals surface area contributed by atoms with E-state index in [9.17, 15) is 9.90 Å². The van der Waals surface area contributed by atoms with Crippen LogP contribution in [0.4, 0.5) is 0 Å². The molecular formula is C28H32O4. The molecule has 4 nitrogen and oxygen atoms in total. The lowest BCUT2D eigenvalue weighted by Gasteiger charge is -2.51. The third-order valence-electron chi connectivity index (χ3n) is 8.21. The molecule has 1 saturated heterocycles. The standard InChI is InChI=1S/C28H32O4/c1-4-13-28(30)14-12-18-6-5-7-22(18)25-23(29)15-20-16-24(32-17-27(20,2)26(25)28)19-8-10-21(31-3)11-9-19/h7-11,18,20,24,30H,5-6,12,14-17H2,1-3H3. The topological polar surface area (TPSA) is 55.8 Å². The number of methoxy groups -OCH3 is 1. The molecule has 1 aromatic carbocycles. The van der Waals surface area contributed by atoms with Gasteiger partial charge in [-0.15, -0.1) is 5.92 Å². The Morgan fingerprint density at radius 2 is 2.00 bits per heavy atom. The first-order valence-corrected chi connectivity index (χ1v) is 11.8. The van der Waals surface area contributed by atoms with Crippen LogP contribution in [0.15, 0.2) is 47.1 Å². The molecule has 5 atom stereocenters. The third-order valence-corrected chi connectivity index (χ3v) is 8.21. The number of benzene rings is 1. The lowest BCUT2D eigenvalue weighted by atomic mass is 9.56. The van der Waals surface area contributed by atoms with Gasteiger partial charge in [0.25, 0.3) is 0 Å². The molecule has 5 unspecified atom stereocenters. The van der Waals surface area contributed by atoms with Gasteiger partial charge in [0.1, 0.15) is 11.4 Å². The van der Waals surface area contributed by atoms with Crippen molar-refractivity contribution in [2.75, 3.05) is 13.7 Å². The molecule has 1 aromatic rings. The first-order chi connectivity index (χ1) is 15.4. The van der Waals surface area contributed by atoms with Crippen LogP contribution in [0.2, 0.25) is 0 Å². The van der Waals surface area contributed by atoms with Crippen LogP contribution in [0.5, 0.6) is 5.75 Å². The summed E-state index contributed by atoms with van der Waals surface area (Å²) >= 11 is 0. The molecule has 168 valence electrons. The normalized spacial score (nSPS) is 36.2. The zero-order valence-corrected chi connectivity index (χ0v) is 19.2. The SMILES string of the molecule is CC#CC1(O)CCC2CCC=C2C2=C1C1(C)COC(c3ccc(OC)cc3)CC1CC2=O.